The Hall–Kier alpha value is -1.58. The first-order chi connectivity index (χ1) is 9.69. The molecule has 110 valence electrons. The van der Waals surface area contributed by atoms with Crippen molar-refractivity contribution in [2.45, 2.75) is 45.6 Å². The second-order valence-corrected chi connectivity index (χ2v) is 5.53. The number of piperidine rings is 1. The number of rotatable bonds is 4. The molecule has 0 aromatic carbocycles. The van der Waals surface area contributed by atoms with Gasteiger partial charge in [-0.1, -0.05) is 20.3 Å². The van der Waals surface area contributed by atoms with Gasteiger partial charge in [-0.05, 0) is 37.3 Å². The molecule has 0 bridgehead atoms. The molecule has 1 saturated heterocycles. The van der Waals surface area contributed by atoms with E-state index in [4.69, 9.17) is 4.74 Å². The number of aromatic nitrogens is 1. The molecule has 1 aromatic heterocycles. The lowest BCUT2D eigenvalue weighted by Crippen LogP contribution is -2.47. The SMILES string of the molecule is CCC[C@H]1[C@H](C)CCCN1C(=O)c1cccnc1OC. The first-order valence-corrected chi connectivity index (χ1v) is 7.49. The molecule has 0 radical (unpaired) electrons. The van der Waals surface area contributed by atoms with Gasteiger partial charge in [-0.15, -0.1) is 0 Å². The fourth-order valence-corrected chi connectivity index (χ4v) is 3.11. The molecule has 0 aliphatic carbocycles. The van der Waals surface area contributed by atoms with Gasteiger partial charge in [0.25, 0.3) is 5.91 Å². The van der Waals surface area contributed by atoms with Gasteiger partial charge in [-0.3, -0.25) is 4.79 Å². The Bertz CT molecular complexity index is 462. The molecule has 1 aliphatic rings. The van der Waals surface area contributed by atoms with Gasteiger partial charge in [0.15, 0.2) is 0 Å². The van der Waals surface area contributed by atoms with E-state index in [1.165, 1.54) is 6.42 Å². The van der Waals surface area contributed by atoms with Crippen LogP contribution in [0.1, 0.15) is 49.9 Å². The summed E-state index contributed by atoms with van der Waals surface area (Å²) in [5.41, 5.74) is 0.574. The molecule has 0 N–H and O–H groups in total. The number of ether oxygens (including phenoxy) is 1. The van der Waals surface area contributed by atoms with Crippen LogP contribution >= 0.6 is 0 Å². The molecule has 0 saturated carbocycles. The van der Waals surface area contributed by atoms with Crippen molar-refractivity contribution in [3.63, 3.8) is 0 Å². The molecule has 1 fully saturated rings. The standard InChI is InChI=1S/C16H24N2O2/c1-4-7-14-12(2)8-6-11-18(14)16(19)13-9-5-10-17-15(13)20-3/h5,9-10,12,14H,4,6-8,11H2,1-3H3/t12-,14+/m1/s1. The zero-order chi connectivity index (χ0) is 14.5. The van der Waals surface area contributed by atoms with Crippen LogP contribution in [0.4, 0.5) is 0 Å². The van der Waals surface area contributed by atoms with E-state index < -0.39 is 0 Å². The van der Waals surface area contributed by atoms with Crippen LogP contribution in [0.2, 0.25) is 0 Å². The highest BCUT2D eigenvalue weighted by Crippen LogP contribution is 2.29. The second kappa shape index (κ2) is 6.73. The quantitative estimate of drug-likeness (QED) is 0.848. The van der Waals surface area contributed by atoms with Crippen LogP contribution in [0.5, 0.6) is 5.88 Å². The maximum Gasteiger partial charge on any atom is 0.259 e. The summed E-state index contributed by atoms with van der Waals surface area (Å²) in [5.74, 6) is 1.04. The summed E-state index contributed by atoms with van der Waals surface area (Å²) in [4.78, 5) is 19.0. The van der Waals surface area contributed by atoms with Crippen molar-refractivity contribution in [3.8, 4) is 5.88 Å². The smallest absolute Gasteiger partial charge is 0.259 e. The first-order valence-electron chi connectivity index (χ1n) is 7.49. The van der Waals surface area contributed by atoms with Crippen LogP contribution in [-0.2, 0) is 0 Å². The van der Waals surface area contributed by atoms with Gasteiger partial charge < -0.3 is 9.64 Å². The molecular formula is C16H24N2O2. The Labute approximate surface area is 121 Å². The Balaban J connectivity index is 2.25. The number of pyridine rings is 1. The number of methoxy groups -OCH3 is 1. The van der Waals surface area contributed by atoms with E-state index >= 15 is 0 Å². The molecular weight excluding hydrogens is 252 g/mol. The van der Waals surface area contributed by atoms with E-state index in [9.17, 15) is 4.79 Å². The van der Waals surface area contributed by atoms with E-state index in [-0.39, 0.29) is 5.91 Å². The minimum atomic E-state index is 0.0555. The normalized spacial score (nSPS) is 22.6. The minimum absolute atomic E-state index is 0.0555. The predicted molar refractivity (Wildman–Crippen MR) is 78.9 cm³/mol. The van der Waals surface area contributed by atoms with Crippen LogP contribution < -0.4 is 4.74 Å². The van der Waals surface area contributed by atoms with Crippen LogP contribution in [0.15, 0.2) is 18.3 Å². The summed E-state index contributed by atoms with van der Waals surface area (Å²) >= 11 is 0. The molecule has 0 spiro atoms. The number of carbonyl (C=O) groups is 1. The second-order valence-electron chi connectivity index (χ2n) is 5.53. The van der Waals surface area contributed by atoms with Gasteiger partial charge in [0.05, 0.1) is 7.11 Å². The highest BCUT2D eigenvalue weighted by Gasteiger charge is 2.32. The fraction of sp³-hybridized carbons (Fsp3) is 0.625. The average Bonchev–Trinajstić information content (AvgIpc) is 2.48. The Morgan fingerprint density at radius 1 is 1.55 bits per heavy atom. The van der Waals surface area contributed by atoms with Crippen molar-refractivity contribution >= 4 is 5.91 Å². The lowest BCUT2D eigenvalue weighted by Gasteiger charge is -2.40. The summed E-state index contributed by atoms with van der Waals surface area (Å²) in [6, 6.07) is 3.93. The largest absolute Gasteiger partial charge is 0.480 e. The summed E-state index contributed by atoms with van der Waals surface area (Å²) in [6.45, 7) is 5.26. The van der Waals surface area contributed by atoms with E-state index in [0.717, 1.165) is 25.8 Å². The molecule has 20 heavy (non-hydrogen) atoms. The lowest BCUT2D eigenvalue weighted by atomic mass is 9.87. The number of amides is 1. The van der Waals surface area contributed by atoms with Crippen molar-refractivity contribution in [2.24, 2.45) is 5.92 Å². The third-order valence-electron chi connectivity index (χ3n) is 4.16. The fourth-order valence-electron chi connectivity index (χ4n) is 3.11. The van der Waals surface area contributed by atoms with Gasteiger partial charge in [0.2, 0.25) is 5.88 Å². The van der Waals surface area contributed by atoms with Gasteiger partial charge in [0.1, 0.15) is 5.56 Å². The first kappa shape index (κ1) is 14.8. The van der Waals surface area contributed by atoms with Crippen LogP contribution in [0, 0.1) is 5.92 Å². The Kier molecular flexibility index (Phi) is 4.99. The highest BCUT2D eigenvalue weighted by molar-refractivity contribution is 5.96. The molecule has 2 atom stereocenters. The number of likely N-dealkylation sites (tertiary alicyclic amines) is 1. The van der Waals surface area contributed by atoms with Crippen LogP contribution in [-0.4, -0.2) is 35.5 Å². The third-order valence-corrected chi connectivity index (χ3v) is 4.16. The third kappa shape index (κ3) is 2.94. The lowest BCUT2D eigenvalue weighted by molar-refractivity contribution is 0.0493. The summed E-state index contributed by atoms with van der Waals surface area (Å²) < 4.78 is 5.22. The zero-order valence-corrected chi connectivity index (χ0v) is 12.6. The van der Waals surface area contributed by atoms with Crippen molar-refractivity contribution in [3.05, 3.63) is 23.9 Å². The summed E-state index contributed by atoms with van der Waals surface area (Å²) in [7, 11) is 1.56. The Morgan fingerprint density at radius 2 is 2.35 bits per heavy atom. The molecule has 4 nitrogen and oxygen atoms in total. The van der Waals surface area contributed by atoms with Crippen molar-refractivity contribution in [1.29, 1.82) is 0 Å². The molecule has 4 heteroatoms. The van der Waals surface area contributed by atoms with E-state index in [0.29, 0.717) is 23.4 Å². The summed E-state index contributed by atoms with van der Waals surface area (Å²) in [6.07, 6.45) is 6.10. The van der Waals surface area contributed by atoms with Crippen LogP contribution in [0.3, 0.4) is 0 Å². The van der Waals surface area contributed by atoms with Crippen molar-refractivity contribution < 1.29 is 9.53 Å². The van der Waals surface area contributed by atoms with E-state index in [2.05, 4.69) is 18.8 Å². The molecule has 1 amide bonds. The monoisotopic (exact) mass is 276 g/mol. The topological polar surface area (TPSA) is 42.4 Å². The maximum absolute atomic E-state index is 12.8. The van der Waals surface area contributed by atoms with Gasteiger partial charge in [0, 0.05) is 18.8 Å². The predicted octanol–water partition coefficient (Wildman–Crippen LogP) is 3.13. The van der Waals surface area contributed by atoms with E-state index in [1.54, 1.807) is 25.4 Å². The molecule has 2 heterocycles. The number of carbonyl (C=O) groups excluding carboxylic acids is 1. The zero-order valence-electron chi connectivity index (χ0n) is 12.6. The molecule has 1 aromatic rings. The van der Waals surface area contributed by atoms with E-state index in [1.807, 2.05) is 4.90 Å². The van der Waals surface area contributed by atoms with Gasteiger partial charge >= 0.3 is 0 Å². The van der Waals surface area contributed by atoms with Crippen LogP contribution in [0.25, 0.3) is 0 Å². The number of hydrogen-bond donors (Lipinski definition) is 0. The van der Waals surface area contributed by atoms with Crippen molar-refractivity contribution in [1.82, 2.24) is 9.88 Å². The van der Waals surface area contributed by atoms with Crippen molar-refractivity contribution in [2.75, 3.05) is 13.7 Å². The molecule has 0 unspecified atom stereocenters. The highest BCUT2D eigenvalue weighted by atomic mass is 16.5. The molecule has 2 rings (SSSR count). The van der Waals surface area contributed by atoms with Gasteiger partial charge in [-0.25, -0.2) is 4.98 Å². The minimum Gasteiger partial charge on any atom is -0.480 e. The Morgan fingerprint density at radius 3 is 3.05 bits per heavy atom. The average molecular weight is 276 g/mol. The number of hydrogen-bond acceptors (Lipinski definition) is 3. The maximum atomic E-state index is 12.8. The van der Waals surface area contributed by atoms with Gasteiger partial charge in [-0.2, -0.15) is 0 Å². The molecule has 1 aliphatic heterocycles. The number of nitrogens with zero attached hydrogens (tertiary/aromatic N) is 2. The summed E-state index contributed by atoms with van der Waals surface area (Å²) in [5, 5.41) is 0.